The van der Waals surface area contributed by atoms with Gasteiger partial charge in [-0.05, 0) is 35.4 Å². The van der Waals surface area contributed by atoms with Gasteiger partial charge in [-0.25, -0.2) is 0 Å². The van der Waals surface area contributed by atoms with Crippen LogP contribution >= 0.6 is 0 Å². The Hall–Kier alpha value is -6.64. The highest BCUT2D eigenvalue weighted by atomic mass is 32.2. The maximum Gasteiger partial charge on any atom is 0.411 e. The van der Waals surface area contributed by atoms with Gasteiger partial charge < -0.3 is 28.4 Å². The van der Waals surface area contributed by atoms with Crippen molar-refractivity contribution in [3.63, 3.8) is 0 Å². The van der Waals surface area contributed by atoms with E-state index in [0.717, 1.165) is 52.7 Å². The van der Waals surface area contributed by atoms with Crippen LogP contribution in [-0.2, 0) is 34.2 Å². The van der Waals surface area contributed by atoms with Gasteiger partial charge in [0.05, 0.1) is 64.9 Å². The Kier molecular flexibility index (Phi) is 11.6. The largest absolute Gasteiger partial charge is 0.496 e. The number of nitrogens with zero attached hydrogens (tertiary/aromatic N) is 2. The van der Waals surface area contributed by atoms with Gasteiger partial charge in [0.25, 0.3) is 23.6 Å². The molecule has 18 nitrogen and oxygen atoms in total. The number of hydrogen-bond donors (Lipinski definition) is 0. The monoisotopic (exact) mass is 934 g/mol. The number of rotatable bonds is 14. The number of hydrogen-bond acceptors (Lipinski definition) is 16. The average molecular weight is 935 g/mol. The Morgan fingerprint density at radius 1 is 0.429 bits per heavy atom. The molecule has 0 radical (unpaired) electrons. The fourth-order valence-corrected chi connectivity index (χ4v) is 9.10. The van der Waals surface area contributed by atoms with E-state index in [1.54, 1.807) is 0 Å². The average Bonchev–Trinajstić information content (AvgIpc) is 3.60. The first kappa shape index (κ1) is 45.9. The molecule has 2 aliphatic heterocycles. The van der Waals surface area contributed by atoms with Gasteiger partial charge in [0, 0.05) is 24.3 Å². The number of fused-ring (bicyclic) bond motifs is 2. The van der Waals surface area contributed by atoms with E-state index in [9.17, 15) is 36.0 Å². The first-order valence-corrected chi connectivity index (χ1v) is 19.9. The van der Waals surface area contributed by atoms with Crippen molar-refractivity contribution in [1.29, 1.82) is 0 Å². The van der Waals surface area contributed by atoms with E-state index in [4.69, 9.17) is 37.0 Å². The third kappa shape index (κ3) is 7.26. The predicted molar refractivity (Wildman–Crippen MR) is 196 cm³/mol. The molecule has 0 unspecified atom stereocenters. The van der Waals surface area contributed by atoms with E-state index in [1.807, 2.05) is 0 Å². The Morgan fingerprint density at radius 2 is 0.714 bits per heavy atom. The van der Waals surface area contributed by atoms with Crippen molar-refractivity contribution in [3.8, 4) is 34.5 Å². The molecule has 0 saturated carbocycles. The molecule has 4 amide bonds. The number of methoxy groups -OCH3 is 6. The Labute approximate surface area is 351 Å². The molecule has 0 atom stereocenters. The van der Waals surface area contributed by atoms with Crippen LogP contribution in [0.5, 0.6) is 34.5 Å². The summed E-state index contributed by atoms with van der Waals surface area (Å²) in [5, 5.41) is -0.843. The van der Waals surface area contributed by atoms with Crippen molar-refractivity contribution >= 4 is 43.9 Å². The quantitative estimate of drug-likeness (QED) is 0.120. The van der Waals surface area contributed by atoms with Crippen LogP contribution in [0.15, 0.2) is 70.5 Å². The summed E-state index contributed by atoms with van der Waals surface area (Å²) in [4.78, 5) is 51.9. The molecule has 0 bridgehead atoms. The van der Waals surface area contributed by atoms with Crippen molar-refractivity contribution in [3.05, 3.63) is 94.0 Å². The van der Waals surface area contributed by atoms with Crippen LogP contribution in [0.4, 0.5) is 26.3 Å². The minimum atomic E-state index is -6.41. The highest BCUT2D eigenvalue weighted by Gasteiger charge is 2.73. The molecule has 4 aromatic carbocycles. The fourth-order valence-electron chi connectivity index (χ4n) is 6.73. The molecule has 0 N–H and O–H groups in total. The Morgan fingerprint density at radius 3 is 0.968 bits per heavy atom. The minimum Gasteiger partial charge on any atom is -0.496 e. The fraction of sp³-hybridized carbons (Fsp3) is 0.243. The highest BCUT2D eigenvalue weighted by molar-refractivity contribution is 7.87. The van der Waals surface area contributed by atoms with Crippen LogP contribution in [0.25, 0.3) is 0 Å². The van der Waals surface area contributed by atoms with Gasteiger partial charge in [0.15, 0.2) is 9.79 Å². The third-order valence-corrected chi connectivity index (χ3v) is 12.1. The number of alkyl halides is 6. The minimum absolute atomic E-state index is 0.0125. The highest BCUT2D eigenvalue weighted by Crippen LogP contribution is 2.57. The summed E-state index contributed by atoms with van der Waals surface area (Å²) in [7, 11) is -4.16. The number of amides is 4. The SMILES string of the molecule is COc1cc(OC)c(S(=O)(=O)ON2C(=O)c3ccc(C(c4ccc5c(c4)C(=O)N(OS(=O)(=O)c4c(OC)cc(OC)cc4OC)C5=O)(C(F)(F)F)C(F)(F)F)cc3C2=O)c(OC)c1. The van der Waals surface area contributed by atoms with Crippen LogP contribution in [0, 0.1) is 0 Å². The molecular formula is C37H28F6N2O16S2. The van der Waals surface area contributed by atoms with E-state index in [0.29, 0.717) is 12.1 Å². The second kappa shape index (κ2) is 15.9. The van der Waals surface area contributed by atoms with Crippen molar-refractivity contribution in [1.82, 2.24) is 10.1 Å². The van der Waals surface area contributed by atoms with Crippen LogP contribution in [0.2, 0.25) is 0 Å². The predicted octanol–water partition coefficient (Wildman–Crippen LogP) is 4.98. The van der Waals surface area contributed by atoms with Gasteiger partial charge in [-0.15, -0.1) is 18.7 Å². The van der Waals surface area contributed by atoms with E-state index in [-0.39, 0.29) is 35.8 Å². The zero-order valence-corrected chi connectivity index (χ0v) is 34.4. The third-order valence-electron chi connectivity index (χ3n) is 9.60. The molecular weight excluding hydrogens is 907 g/mol. The number of carbonyl (C=O) groups is 4. The smallest absolute Gasteiger partial charge is 0.411 e. The molecule has 0 aromatic heterocycles. The van der Waals surface area contributed by atoms with E-state index in [1.165, 1.54) is 14.2 Å². The summed E-state index contributed by atoms with van der Waals surface area (Å²) in [5.41, 5.74) is -12.9. The lowest BCUT2D eigenvalue weighted by Gasteiger charge is -2.38. The Balaban J connectivity index is 1.42. The molecule has 4 aromatic rings. The van der Waals surface area contributed by atoms with Gasteiger partial charge in [-0.3, -0.25) is 19.2 Å². The van der Waals surface area contributed by atoms with Gasteiger partial charge in [-0.2, -0.15) is 43.2 Å². The zero-order chi connectivity index (χ0) is 46.8. The number of benzene rings is 4. The van der Waals surface area contributed by atoms with E-state index >= 15 is 26.3 Å². The van der Waals surface area contributed by atoms with E-state index in [2.05, 4.69) is 0 Å². The number of hydroxylamine groups is 4. The maximum atomic E-state index is 15.3. The molecule has 0 aliphatic carbocycles. The number of carbonyl (C=O) groups excluding carboxylic acids is 4. The molecule has 6 rings (SSSR count). The zero-order valence-electron chi connectivity index (χ0n) is 32.8. The van der Waals surface area contributed by atoms with Gasteiger partial charge in [-0.1, -0.05) is 12.1 Å². The molecule has 26 heteroatoms. The summed E-state index contributed by atoms with van der Waals surface area (Å²) >= 11 is 0. The summed E-state index contributed by atoms with van der Waals surface area (Å²) < 4.78 is 186. The molecule has 2 aliphatic rings. The standard InChI is InChI=1S/C37H28F6N2O16S2/c1-54-19-13-25(56-3)29(26(14-19)57-4)62(50,51)60-44-31(46)21-9-7-17(11-23(21)33(44)48)35(36(38,39)40,37(41,42)43)18-8-10-22-24(12-18)34(49)45(32(22)47)61-63(52,53)30-27(58-5)15-20(55-2)16-28(30)59-6/h7-16H,1-6H3. The number of ether oxygens (including phenoxy) is 6. The van der Waals surface area contributed by atoms with Crippen LogP contribution in [-0.4, -0.2) is 106 Å². The summed E-state index contributed by atoms with van der Waals surface area (Å²) in [5.74, 6) is -8.83. The van der Waals surface area contributed by atoms with Crippen molar-refractivity contribution in [2.24, 2.45) is 0 Å². The molecule has 336 valence electrons. The first-order valence-electron chi connectivity index (χ1n) is 17.1. The second-order valence-corrected chi connectivity index (χ2v) is 15.8. The molecule has 0 spiro atoms. The second-order valence-electron chi connectivity index (χ2n) is 12.9. The Bertz CT molecular complexity index is 2590. The van der Waals surface area contributed by atoms with Gasteiger partial charge >= 0.3 is 32.6 Å². The van der Waals surface area contributed by atoms with Crippen molar-refractivity contribution < 1.29 is 99.3 Å². The lowest BCUT2D eigenvalue weighted by atomic mass is 9.71. The summed E-state index contributed by atoms with van der Waals surface area (Å²) in [6.45, 7) is 0. The molecule has 0 saturated heterocycles. The van der Waals surface area contributed by atoms with Crippen LogP contribution < -0.4 is 28.4 Å². The normalized spacial score (nSPS) is 14.5. The van der Waals surface area contributed by atoms with Crippen LogP contribution in [0.1, 0.15) is 52.6 Å². The lowest BCUT2D eigenvalue weighted by Crippen LogP contribution is -2.55. The maximum absolute atomic E-state index is 15.3. The van der Waals surface area contributed by atoms with E-state index < -0.39 is 138 Å². The molecule has 2 heterocycles. The molecule has 63 heavy (non-hydrogen) atoms. The van der Waals surface area contributed by atoms with Crippen molar-refractivity contribution in [2.75, 3.05) is 42.7 Å². The molecule has 0 fully saturated rings. The van der Waals surface area contributed by atoms with Crippen molar-refractivity contribution in [2.45, 2.75) is 27.6 Å². The van der Waals surface area contributed by atoms with Gasteiger partial charge in [0.1, 0.15) is 34.5 Å². The summed E-state index contributed by atoms with van der Waals surface area (Å²) in [6, 6.07) is 5.37. The number of imide groups is 2. The summed E-state index contributed by atoms with van der Waals surface area (Å²) in [6.07, 6.45) is -12.8. The van der Waals surface area contributed by atoms with Crippen LogP contribution in [0.3, 0.4) is 0 Å². The first-order chi connectivity index (χ1) is 29.4. The topological polar surface area (TPSA) is 217 Å². The van der Waals surface area contributed by atoms with Gasteiger partial charge in [0.2, 0.25) is 5.41 Å². The lowest BCUT2D eigenvalue weighted by molar-refractivity contribution is -0.288. The number of halogens is 6.